The number of halogens is 1. The Morgan fingerprint density at radius 1 is 1.29 bits per heavy atom. The van der Waals surface area contributed by atoms with Crippen LogP contribution in [-0.2, 0) is 13.7 Å². The molecule has 8 heteroatoms. The second kappa shape index (κ2) is 5.33. The highest BCUT2D eigenvalue weighted by Crippen LogP contribution is 2.19. The smallest absolute Gasteiger partial charge is 0.170 e. The third kappa shape index (κ3) is 2.61. The SMILES string of the molecule is Cn1ncc2c(NN)nc(COc3ccc(F)cc3)nc21. The highest BCUT2D eigenvalue weighted by molar-refractivity contribution is 5.86. The fraction of sp³-hybridized carbons (Fsp3) is 0.154. The predicted octanol–water partition coefficient (Wildman–Crippen LogP) is 1.37. The maximum Gasteiger partial charge on any atom is 0.170 e. The standard InChI is InChI=1S/C13H13FN6O/c1-20-13-10(6-16-20)12(19-15)17-11(18-13)7-21-9-4-2-8(14)3-5-9/h2-6H,7,15H2,1H3,(H,17,18,19). The molecule has 21 heavy (non-hydrogen) atoms. The van der Waals surface area contributed by atoms with Crippen molar-refractivity contribution >= 4 is 16.9 Å². The van der Waals surface area contributed by atoms with Crippen LogP contribution in [0.25, 0.3) is 11.0 Å². The van der Waals surface area contributed by atoms with Crippen molar-refractivity contribution in [3.63, 3.8) is 0 Å². The molecule has 108 valence electrons. The molecule has 0 atom stereocenters. The molecule has 0 bridgehead atoms. The van der Waals surface area contributed by atoms with Crippen LogP contribution in [0.5, 0.6) is 5.75 Å². The predicted molar refractivity (Wildman–Crippen MR) is 74.8 cm³/mol. The zero-order valence-electron chi connectivity index (χ0n) is 11.2. The van der Waals surface area contributed by atoms with E-state index in [1.54, 1.807) is 30.1 Å². The average molecular weight is 288 g/mol. The number of aromatic nitrogens is 4. The molecule has 7 nitrogen and oxygen atoms in total. The van der Waals surface area contributed by atoms with E-state index >= 15 is 0 Å². The van der Waals surface area contributed by atoms with E-state index in [9.17, 15) is 4.39 Å². The van der Waals surface area contributed by atoms with E-state index in [2.05, 4.69) is 20.5 Å². The number of aryl methyl sites for hydroxylation is 1. The average Bonchev–Trinajstić information content (AvgIpc) is 2.87. The highest BCUT2D eigenvalue weighted by atomic mass is 19.1. The van der Waals surface area contributed by atoms with Crippen LogP contribution in [0.2, 0.25) is 0 Å². The fourth-order valence-electron chi connectivity index (χ4n) is 1.92. The van der Waals surface area contributed by atoms with Crippen molar-refractivity contribution in [2.75, 3.05) is 5.43 Å². The quantitative estimate of drug-likeness (QED) is 0.556. The van der Waals surface area contributed by atoms with Gasteiger partial charge in [0.05, 0.1) is 11.6 Å². The van der Waals surface area contributed by atoms with Crippen LogP contribution in [-0.4, -0.2) is 19.7 Å². The summed E-state index contributed by atoms with van der Waals surface area (Å²) in [7, 11) is 1.78. The van der Waals surface area contributed by atoms with Crippen LogP contribution in [0.4, 0.5) is 10.2 Å². The zero-order chi connectivity index (χ0) is 14.8. The number of hydrogen-bond acceptors (Lipinski definition) is 6. The van der Waals surface area contributed by atoms with Crippen molar-refractivity contribution in [1.29, 1.82) is 0 Å². The maximum absolute atomic E-state index is 12.8. The van der Waals surface area contributed by atoms with E-state index in [1.165, 1.54) is 12.1 Å². The summed E-state index contributed by atoms with van der Waals surface area (Å²) in [4.78, 5) is 8.64. The number of ether oxygens (including phenoxy) is 1. The topological polar surface area (TPSA) is 90.9 Å². The lowest BCUT2D eigenvalue weighted by Crippen LogP contribution is -2.12. The zero-order valence-corrected chi connectivity index (χ0v) is 11.2. The summed E-state index contributed by atoms with van der Waals surface area (Å²) in [5.41, 5.74) is 3.17. The molecule has 0 aliphatic rings. The number of fused-ring (bicyclic) bond motifs is 1. The van der Waals surface area contributed by atoms with Gasteiger partial charge in [0.1, 0.15) is 18.2 Å². The molecule has 0 fully saturated rings. The number of hydrogen-bond donors (Lipinski definition) is 2. The number of nitrogens with two attached hydrogens (primary N) is 1. The Kier molecular flexibility index (Phi) is 3.36. The Morgan fingerprint density at radius 3 is 2.76 bits per heavy atom. The molecule has 0 amide bonds. The van der Waals surface area contributed by atoms with Crippen LogP contribution in [0.15, 0.2) is 30.5 Å². The lowest BCUT2D eigenvalue weighted by atomic mass is 10.3. The molecule has 3 rings (SSSR count). The van der Waals surface area contributed by atoms with Gasteiger partial charge in [-0.15, -0.1) is 0 Å². The molecule has 0 radical (unpaired) electrons. The lowest BCUT2D eigenvalue weighted by molar-refractivity contribution is 0.296. The first kappa shape index (κ1) is 13.3. The number of anilines is 1. The maximum atomic E-state index is 12.8. The van der Waals surface area contributed by atoms with Crippen LogP contribution >= 0.6 is 0 Å². The Hall–Kier alpha value is -2.74. The number of rotatable bonds is 4. The largest absolute Gasteiger partial charge is 0.486 e. The van der Waals surface area contributed by atoms with E-state index in [4.69, 9.17) is 10.6 Å². The summed E-state index contributed by atoms with van der Waals surface area (Å²) in [6, 6.07) is 5.74. The Labute approximate surface area is 119 Å². The molecular formula is C13H13FN6O. The van der Waals surface area contributed by atoms with Gasteiger partial charge in [0.15, 0.2) is 17.3 Å². The number of nitrogens with zero attached hydrogens (tertiary/aromatic N) is 4. The lowest BCUT2D eigenvalue weighted by Gasteiger charge is -2.07. The fourth-order valence-corrected chi connectivity index (χ4v) is 1.92. The van der Waals surface area contributed by atoms with Crippen molar-refractivity contribution in [3.8, 4) is 5.75 Å². The summed E-state index contributed by atoms with van der Waals surface area (Å²) < 4.78 is 20.0. The molecule has 0 aliphatic heterocycles. The molecular weight excluding hydrogens is 275 g/mol. The highest BCUT2D eigenvalue weighted by Gasteiger charge is 2.11. The Bertz CT molecular complexity index is 770. The van der Waals surface area contributed by atoms with Gasteiger partial charge in [-0.1, -0.05) is 0 Å². The summed E-state index contributed by atoms with van der Waals surface area (Å²) in [5, 5.41) is 4.84. The first-order valence-electron chi connectivity index (χ1n) is 6.21. The van der Waals surface area contributed by atoms with Crippen molar-refractivity contribution in [1.82, 2.24) is 19.7 Å². The number of nitrogen functional groups attached to an aromatic ring is 1. The van der Waals surface area contributed by atoms with Gasteiger partial charge in [0.2, 0.25) is 0 Å². The van der Waals surface area contributed by atoms with Crippen LogP contribution in [0.1, 0.15) is 5.82 Å². The first-order valence-corrected chi connectivity index (χ1v) is 6.21. The van der Waals surface area contributed by atoms with Gasteiger partial charge in [-0.05, 0) is 24.3 Å². The molecule has 0 saturated heterocycles. The van der Waals surface area contributed by atoms with Gasteiger partial charge in [-0.3, -0.25) is 4.68 Å². The molecule has 0 spiro atoms. The number of hydrazine groups is 1. The van der Waals surface area contributed by atoms with Gasteiger partial charge in [0.25, 0.3) is 0 Å². The molecule has 0 aliphatic carbocycles. The van der Waals surface area contributed by atoms with Crippen LogP contribution in [0.3, 0.4) is 0 Å². The van der Waals surface area contributed by atoms with Gasteiger partial charge in [-0.2, -0.15) is 5.10 Å². The van der Waals surface area contributed by atoms with Crippen molar-refractivity contribution in [3.05, 3.63) is 42.1 Å². The Balaban J connectivity index is 1.86. The van der Waals surface area contributed by atoms with Gasteiger partial charge < -0.3 is 10.2 Å². The third-order valence-electron chi connectivity index (χ3n) is 2.96. The molecule has 0 saturated carbocycles. The molecule has 3 aromatic rings. The molecule has 2 aromatic heterocycles. The van der Waals surface area contributed by atoms with E-state index in [0.29, 0.717) is 23.0 Å². The minimum absolute atomic E-state index is 0.140. The molecule has 3 N–H and O–H groups in total. The van der Waals surface area contributed by atoms with Gasteiger partial charge in [-0.25, -0.2) is 20.2 Å². The first-order chi connectivity index (χ1) is 10.2. The van der Waals surface area contributed by atoms with E-state index in [-0.39, 0.29) is 12.4 Å². The van der Waals surface area contributed by atoms with E-state index < -0.39 is 0 Å². The summed E-state index contributed by atoms with van der Waals surface area (Å²) in [6.07, 6.45) is 1.63. The minimum atomic E-state index is -0.315. The second-order valence-electron chi connectivity index (χ2n) is 4.38. The van der Waals surface area contributed by atoms with Crippen LogP contribution < -0.4 is 16.0 Å². The third-order valence-corrected chi connectivity index (χ3v) is 2.96. The summed E-state index contributed by atoms with van der Waals surface area (Å²) >= 11 is 0. The molecule has 2 heterocycles. The number of benzene rings is 1. The van der Waals surface area contributed by atoms with E-state index in [1.807, 2.05) is 0 Å². The van der Waals surface area contributed by atoms with Crippen molar-refractivity contribution in [2.24, 2.45) is 12.9 Å². The van der Waals surface area contributed by atoms with E-state index in [0.717, 1.165) is 5.39 Å². The second-order valence-corrected chi connectivity index (χ2v) is 4.38. The Morgan fingerprint density at radius 2 is 2.05 bits per heavy atom. The minimum Gasteiger partial charge on any atom is -0.486 e. The monoisotopic (exact) mass is 288 g/mol. The summed E-state index contributed by atoms with van der Waals surface area (Å²) in [6.45, 7) is 0.140. The van der Waals surface area contributed by atoms with Crippen molar-refractivity contribution < 1.29 is 9.13 Å². The van der Waals surface area contributed by atoms with Crippen LogP contribution in [0, 0.1) is 5.82 Å². The van der Waals surface area contributed by atoms with Crippen molar-refractivity contribution in [2.45, 2.75) is 6.61 Å². The molecule has 1 aromatic carbocycles. The molecule has 0 unspecified atom stereocenters. The van der Waals surface area contributed by atoms with Gasteiger partial charge in [0, 0.05) is 7.05 Å². The summed E-state index contributed by atoms with van der Waals surface area (Å²) in [5.74, 6) is 6.60. The number of nitrogens with one attached hydrogen (secondary N) is 1. The van der Waals surface area contributed by atoms with Gasteiger partial charge >= 0.3 is 0 Å². The normalized spacial score (nSPS) is 10.8.